The number of methoxy groups -OCH3 is 2. The Hall–Kier alpha value is -1.30. The maximum Gasteiger partial charge on any atom is 0.161 e. The third-order valence-corrected chi connectivity index (χ3v) is 4.27. The lowest BCUT2D eigenvalue weighted by atomic mass is 10.00. The largest absolute Gasteiger partial charge is 0.493 e. The molecule has 21 heavy (non-hydrogen) atoms. The van der Waals surface area contributed by atoms with Gasteiger partial charge in [0, 0.05) is 31.8 Å². The molecule has 1 saturated heterocycles. The van der Waals surface area contributed by atoms with Crippen LogP contribution in [0.3, 0.4) is 0 Å². The van der Waals surface area contributed by atoms with E-state index in [1.807, 2.05) is 12.1 Å². The molecule has 0 amide bonds. The van der Waals surface area contributed by atoms with Crippen molar-refractivity contribution in [2.75, 3.05) is 41.0 Å². The molecule has 0 aromatic heterocycles. The number of nitrogens with two attached hydrogens (primary N) is 1. The molecule has 0 aliphatic carbocycles. The molecule has 1 heterocycles. The second kappa shape index (κ2) is 7.64. The van der Waals surface area contributed by atoms with Crippen molar-refractivity contribution in [2.45, 2.75) is 24.9 Å². The van der Waals surface area contributed by atoms with E-state index < -0.39 is 0 Å². The summed E-state index contributed by atoms with van der Waals surface area (Å²) in [5.41, 5.74) is 7.19. The number of nitrogens with zero attached hydrogens (tertiary/aromatic N) is 1. The van der Waals surface area contributed by atoms with E-state index in [4.69, 9.17) is 19.9 Å². The summed E-state index contributed by atoms with van der Waals surface area (Å²) in [5.74, 6) is 1.49. The molecular formula is C16H26N2O3. The van der Waals surface area contributed by atoms with Crippen molar-refractivity contribution in [3.8, 4) is 11.5 Å². The Morgan fingerprint density at radius 1 is 1.24 bits per heavy atom. The molecule has 2 rings (SSSR count). The van der Waals surface area contributed by atoms with Crippen LogP contribution >= 0.6 is 0 Å². The zero-order valence-corrected chi connectivity index (χ0v) is 13.2. The first-order valence-corrected chi connectivity index (χ1v) is 7.43. The van der Waals surface area contributed by atoms with Gasteiger partial charge in [0.2, 0.25) is 0 Å². The first-order valence-electron chi connectivity index (χ1n) is 7.43. The van der Waals surface area contributed by atoms with E-state index in [2.05, 4.69) is 18.0 Å². The number of likely N-dealkylation sites (N-methyl/N-ethyl adjacent to an activating group) is 1. The average Bonchev–Trinajstić information content (AvgIpc) is 2.56. The number of hydrogen-bond donors (Lipinski definition) is 1. The fraction of sp³-hybridized carbons (Fsp3) is 0.625. The summed E-state index contributed by atoms with van der Waals surface area (Å²) >= 11 is 0. The lowest BCUT2D eigenvalue weighted by Crippen LogP contribution is -2.41. The average molecular weight is 294 g/mol. The molecule has 5 nitrogen and oxygen atoms in total. The summed E-state index contributed by atoms with van der Waals surface area (Å²) in [7, 11) is 5.44. The molecule has 1 aliphatic rings. The standard InChI is InChI=1S/C16H26N2O3/c1-18(13-6-8-21-9-7-13)14(11-17)12-4-5-15(19-2)16(10-12)20-3/h4-5,10,13-14H,6-9,11,17H2,1-3H3. The summed E-state index contributed by atoms with van der Waals surface area (Å²) in [5, 5.41) is 0. The van der Waals surface area contributed by atoms with Gasteiger partial charge in [0.1, 0.15) is 0 Å². The fourth-order valence-electron chi connectivity index (χ4n) is 2.94. The predicted molar refractivity (Wildman–Crippen MR) is 82.9 cm³/mol. The highest BCUT2D eigenvalue weighted by molar-refractivity contribution is 5.43. The minimum atomic E-state index is 0.174. The van der Waals surface area contributed by atoms with Crippen molar-refractivity contribution in [1.29, 1.82) is 0 Å². The van der Waals surface area contributed by atoms with Gasteiger partial charge in [0.15, 0.2) is 11.5 Å². The van der Waals surface area contributed by atoms with E-state index >= 15 is 0 Å². The Bertz CT molecular complexity index is 447. The van der Waals surface area contributed by atoms with Crippen molar-refractivity contribution < 1.29 is 14.2 Å². The van der Waals surface area contributed by atoms with E-state index in [1.54, 1.807) is 14.2 Å². The molecule has 2 N–H and O–H groups in total. The van der Waals surface area contributed by atoms with E-state index in [-0.39, 0.29) is 6.04 Å². The molecular weight excluding hydrogens is 268 g/mol. The SMILES string of the molecule is COc1ccc(C(CN)N(C)C2CCOCC2)cc1OC. The fourth-order valence-corrected chi connectivity index (χ4v) is 2.94. The lowest BCUT2D eigenvalue weighted by Gasteiger charge is -2.37. The van der Waals surface area contributed by atoms with Gasteiger partial charge in [-0.05, 0) is 37.6 Å². The molecule has 1 aromatic rings. The molecule has 1 aliphatic heterocycles. The molecule has 0 bridgehead atoms. The van der Waals surface area contributed by atoms with Crippen LogP contribution in [-0.4, -0.2) is 52.0 Å². The van der Waals surface area contributed by atoms with Crippen LogP contribution in [0.15, 0.2) is 18.2 Å². The molecule has 1 aromatic carbocycles. The molecule has 5 heteroatoms. The first kappa shape index (κ1) is 16.1. The van der Waals surface area contributed by atoms with Gasteiger partial charge in [0.25, 0.3) is 0 Å². The summed E-state index contributed by atoms with van der Waals surface area (Å²) in [6.45, 7) is 2.24. The topological polar surface area (TPSA) is 57.0 Å². The highest BCUT2D eigenvalue weighted by Gasteiger charge is 2.25. The van der Waals surface area contributed by atoms with E-state index in [0.717, 1.165) is 43.1 Å². The van der Waals surface area contributed by atoms with E-state index in [0.29, 0.717) is 12.6 Å². The maximum absolute atomic E-state index is 6.03. The van der Waals surface area contributed by atoms with Crippen molar-refractivity contribution in [3.63, 3.8) is 0 Å². The van der Waals surface area contributed by atoms with E-state index in [9.17, 15) is 0 Å². The van der Waals surface area contributed by atoms with Gasteiger partial charge in [-0.15, -0.1) is 0 Å². The normalized spacial score (nSPS) is 17.8. The van der Waals surface area contributed by atoms with Crippen LogP contribution in [0.4, 0.5) is 0 Å². The van der Waals surface area contributed by atoms with Crippen LogP contribution < -0.4 is 15.2 Å². The zero-order chi connectivity index (χ0) is 15.2. The van der Waals surface area contributed by atoms with Gasteiger partial charge in [-0.25, -0.2) is 0 Å². The Kier molecular flexibility index (Phi) is 5.85. The molecule has 1 fully saturated rings. The smallest absolute Gasteiger partial charge is 0.161 e. The maximum atomic E-state index is 6.03. The van der Waals surface area contributed by atoms with Crippen LogP contribution in [0.2, 0.25) is 0 Å². The minimum Gasteiger partial charge on any atom is -0.493 e. The Morgan fingerprint density at radius 2 is 1.90 bits per heavy atom. The predicted octanol–water partition coefficient (Wildman–Crippen LogP) is 1.81. The summed E-state index contributed by atoms with van der Waals surface area (Å²) in [6, 6.07) is 6.71. The van der Waals surface area contributed by atoms with Gasteiger partial charge in [0.05, 0.1) is 14.2 Å². The van der Waals surface area contributed by atoms with Crippen molar-refractivity contribution in [2.24, 2.45) is 5.73 Å². The van der Waals surface area contributed by atoms with Crippen LogP contribution in [0, 0.1) is 0 Å². The minimum absolute atomic E-state index is 0.174. The summed E-state index contributed by atoms with van der Waals surface area (Å²) < 4.78 is 16.1. The third kappa shape index (κ3) is 3.67. The van der Waals surface area contributed by atoms with Crippen LogP contribution in [-0.2, 0) is 4.74 Å². The number of benzene rings is 1. The number of rotatable bonds is 6. The Morgan fingerprint density at radius 3 is 2.48 bits per heavy atom. The highest BCUT2D eigenvalue weighted by atomic mass is 16.5. The van der Waals surface area contributed by atoms with Crippen LogP contribution in [0.1, 0.15) is 24.4 Å². The highest BCUT2D eigenvalue weighted by Crippen LogP contribution is 2.32. The second-order valence-electron chi connectivity index (χ2n) is 5.37. The molecule has 1 atom stereocenters. The molecule has 0 radical (unpaired) electrons. The Balaban J connectivity index is 2.19. The third-order valence-electron chi connectivity index (χ3n) is 4.27. The zero-order valence-electron chi connectivity index (χ0n) is 13.2. The summed E-state index contributed by atoms with van der Waals surface area (Å²) in [4.78, 5) is 2.36. The lowest BCUT2D eigenvalue weighted by molar-refractivity contribution is 0.0293. The van der Waals surface area contributed by atoms with Gasteiger partial charge in [-0.2, -0.15) is 0 Å². The van der Waals surface area contributed by atoms with Gasteiger partial charge < -0.3 is 19.9 Å². The monoisotopic (exact) mass is 294 g/mol. The molecule has 118 valence electrons. The first-order chi connectivity index (χ1) is 10.2. The second-order valence-corrected chi connectivity index (χ2v) is 5.37. The molecule has 1 unspecified atom stereocenters. The van der Waals surface area contributed by atoms with Gasteiger partial charge in [-0.3, -0.25) is 4.90 Å². The van der Waals surface area contributed by atoms with Crippen LogP contribution in [0.5, 0.6) is 11.5 Å². The van der Waals surface area contributed by atoms with Gasteiger partial charge in [-0.1, -0.05) is 6.07 Å². The van der Waals surface area contributed by atoms with Crippen molar-refractivity contribution >= 4 is 0 Å². The van der Waals surface area contributed by atoms with Crippen LogP contribution in [0.25, 0.3) is 0 Å². The van der Waals surface area contributed by atoms with Crippen molar-refractivity contribution in [3.05, 3.63) is 23.8 Å². The quantitative estimate of drug-likeness (QED) is 0.867. The number of ether oxygens (including phenoxy) is 3. The molecule has 0 saturated carbocycles. The van der Waals surface area contributed by atoms with Crippen molar-refractivity contribution in [1.82, 2.24) is 4.90 Å². The van der Waals surface area contributed by atoms with Gasteiger partial charge >= 0.3 is 0 Å². The Labute approximate surface area is 127 Å². The summed E-state index contributed by atoms with van der Waals surface area (Å²) in [6.07, 6.45) is 2.11. The number of hydrogen-bond acceptors (Lipinski definition) is 5. The molecule has 0 spiro atoms. The van der Waals surface area contributed by atoms with E-state index in [1.165, 1.54) is 0 Å².